The normalized spacial score (nSPS) is 12.9. The first-order valence-electron chi connectivity index (χ1n) is 5.88. The van der Waals surface area contributed by atoms with Gasteiger partial charge in [-0.25, -0.2) is 9.97 Å². The van der Waals surface area contributed by atoms with Gasteiger partial charge in [-0.15, -0.1) is 0 Å². The van der Waals surface area contributed by atoms with E-state index in [4.69, 9.17) is 4.74 Å². The van der Waals surface area contributed by atoms with Crippen molar-refractivity contribution >= 4 is 10.8 Å². The van der Waals surface area contributed by atoms with Crippen molar-refractivity contribution in [2.75, 3.05) is 7.11 Å². The van der Waals surface area contributed by atoms with Gasteiger partial charge in [0.05, 0.1) is 11.4 Å². The fourth-order valence-electron chi connectivity index (χ4n) is 1.64. The largest absolute Gasteiger partial charge is 0.377 e. The smallest absolute Gasteiger partial charge is 0.154 e. The maximum atomic E-state index is 12.1. The van der Waals surface area contributed by atoms with E-state index in [1.54, 1.807) is 13.3 Å². The van der Waals surface area contributed by atoms with E-state index in [0.717, 1.165) is 18.5 Å². The number of aromatic nitrogens is 2. The Bertz CT molecular complexity index is 367. The summed E-state index contributed by atoms with van der Waals surface area (Å²) >= 11 is 0. The van der Waals surface area contributed by atoms with Crippen LogP contribution in [-0.2, 0) is 27.9 Å². The highest BCUT2D eigenvalue weighted by molar-refractivity contribution is 7.84. The zero-order chi connectivity index (χ0) is 12.7. The van der Waals surface area contributed by atoms with Crippen molar-refractivity contribution in [3.05, 3.63) is 23.8 Å². The van der Waals surface area contributed by atoms with E-state index in [-0.39, 0.29) is 5.25 Å². The Morgan fingerprint density at radius 3 is 2.71 bits per heavy atom. The molecule has 0 amide bonds. The van der Waals surface area contributed by atoms with Crippen LogP contribution in [0.4, 0.5) is 0 Å². The van der Waals surface area contributed by atoms with Crippen molar-refractivity contribution in [2.24, 2.45) is 0 Å². The highest BCUT2D eigenvalue weighted by Gasteiger charge is 2.13. The third kappa shape index (κ3) is 4.52. The maximum absolute atomic E-state index is 12.1. The first kappa shape index (κ1) is 14.3. The lowest BCUT2D eigenvalue weighted by atomic mass is 10.3. The molecule has 0 aliphatic heterocycles. The molecule has 1 atom stereocenters. The van der Waals surface area contributed by atoms with Gasteiger partial charge in [0.1, 0.15) is 6.61 Å². The van der Waals surface area contributed by atoms with Crippen LogP contribution >= 0.6 is 0 Å². The summed E-state index contributed by atoms with van der Waals surface area (Å²) < 4.78 is 17.0. The van der Waals surface area contributed by atoms with Crippen molar-refractivity contribution in [2.45, 2.75) is 44.3 Å². The molecule has 0 saturated heterocycles. The topological polar surface area (TPSA) is 52.1 Å². The lowest BCUT2D eigenvalue weighted by Gasteiger charge is -2.11. The second kappa shape index (κ2) is 7.50. The second-order valence-electron chi connectivity index (χ2n) is 3.86. The second-order valence-corrected chi connectivity index (χ2v) is 5.58. The van der Waals surface area contributed by atoms with Crippen molar-refractivity contribution in [3.63, 3.8) is 0 Å². The molecule has 0 spiro atoms. The van der Waals surface area contributed by atoms with Crippen molar-refractivity contribution in [1.82, 2.24) is 9.97 Å². The Morgan fingerprint density at radius 1 is 1.41 bits per heavy atom. The van der Waals surface area contributed by atoms with Gasteiger partial charge < -0.3 is 4.74 Å². The molecule has 0 N–H and O–H groups in total. The van der Waals surface area contributed by atoms with Gasteiger partial charge in [0.2, 0.25) is 0 Å². The Morgan fingerprint density at radius 2 is 2.12 bits per heavy atom. The van der Waals surface area contributed by atoms with E-state index < -0.39 is 10.8 Å². The maximum Gasteiger partial charge on any atom is 0.154 e. The van der Waals surface area contributed by atoms with Crippen molar-refractivity contribution < 1.29 is 8.95 Å². The van der Waals surface area contributed by atoms with Crippen LogP contribution < -0.4 is 0 Å². The monoisotopic (exact) mass is 256 g/mol. The molecule has 0 fully saturated rings. The van der Waals surface area contributed by atoms with E-state index in [1.165, 1.54) is 0 Å². The molecule has 1 rings (SSSR count). The molecule has 1 unspecified atom stereocenters. The number of methoxy groups -OCH3 is 1. The van der Waals surface area contributed by atoms with Gasteiger partial charge in [0.15, 0.2) is 5.82 Å². The highest BCUT2D eigenvalue weighted by Crippen LogP contribution is 2.11. The minimum Gasteiger partial charge on any atom is -0.377 e. The molecule has 4 nitrogen and oxygen atoms in total. The molecule has 0 bridgehead atoms. The SMILES string of the molecule is CCC(CC)S(=O)Cc1ccnc(COC)n1. The summed E-state index contributed by atoms with van der Waals surface area (Å²) in [5, 5.41) is 0.260. The first-order valence-corrected chi connectivity index (χ1v) is 7.26. The zero-order valence-electron chi connectivity index (χ0n) is 10.7. The summed E-state index contributed by atoms with van der Waals surface area (Å²) in [6.45, 7) is 4.54. The predicted octanol–water partition coefficient (Wildman–Crippen LogP) is 2.06. The van der Waals surface area contributed by atoms with E-state index in [9.17, 15) is 4.21 Å². The Kier molecular flexibility index (Phi) is 6.29. The average molecular weight is 256 g/mol. The first-order chi connectivity index (χ1) is 8.21. The van der Waals surface area contributed by atoms with Crippen LogP contribution in [0.3, 0.4) is 0 Å². The van der Waals surface area contributed by atoms with Gasteiger partial charge in [-0.3, -0.25) is 4.21 Å². The fourth-order valence-corrected chi connectivity index (χ4v) is 3.08. The van der Waals surface area contributed by atoms with Gasteiger partial charge in [-0.2, -0.15) is 0 Å². The number of hydrogen-bond acceptors (Lipinski definition) is 4. The standard InChI is InChI=1S/C12H20N2O2S/c1-4-11(5-2)17(15)9-10-6-7-13-12(14-10)8-16-3/h6-7,11H,4-5,8-9H2,1-3H3. The molecule has 17 heavy (non-hydrogen) atoms. The fraction of sp³-hybridized carbons (Fsp3) is 0.667. The molecule has 0 saturated carbocycles. The van der Waals surface area contributed by atoms with Crippen LogP contribution in [0.25, 0.3) is 0 Å². The van der Waals surface area contributed by atoms with E-state index >= 15 is 0 Å². The number of nitrogens with zero attached hydrogens (tertiary/aromatic N) is 2. The Labute approximate surface area is 105 Å². The third-order valence-corrected chi connectivity index (χ3v) is 4.60. The van der Waals surface area contributed by atoms with Crippen LogP contribution in [-0.4, -0.2) is 26.5 Å². The lowest BCUT2D eigenvalue weighted by molar-refractivity contribution is 0.177. The highest BCUT2D eigenvalue weighted by atomic mass is 32.2. The van der Waals surface area contributed by atoms with E-state index in [1.807, 2.05) is 6.07 Å². The zero-order valence-corrected chi connectivity index (χ0v) is 11.5. The van der Waals surface area contributed by atoms with Gasteiger partial charge in [-0.1, -0.05) is 13.8 Å². The Balaban J connectivity index is 2.67. The van der Waals surface area contributed by atoms with Crippen LogP contribution in [0.5, 0.6) is 0 Å². The molecule has 0 aliphatic carbocycles. The quantitative estimate of drug-likeness (QED) is 0.749. The van der Waals surface area contributed by atoms with Gasteiger partial charge in [0.25, 0.3) is 0 Å². The summed E-state index contributed by atoms with van der Waals surface area (Å²) in [6, 6.07) is 1.82. The summed E-state index contributed by atoms with van der Waals surface area (Å²) in [5.41, 5.74) is 0.831. The predicted molar refractivity (Wildman–Crippen MR) is 69.0 cm³/mol. The molecule has 1 aromatic rings. The number of rotatable bonds is 7. The summed E-state index contributed by atoms with van der Waals surface area (Å²) in [4.78, 5) is 8.41. The molecule has 0 aromatic carbocycles. The molecular weight excluding hydrogens is 236 g/mol. The lowest BCUT2D eigenvalue weighted by Crippen LogP contribution is -2.15. The molecular formula is C12H20N2O2S. The van der Waals surface area contributed by atoms with Crippen LogP contribution in [0.2, 0.25) is 0 Å². The van der Waals surface area contributed by atoms with E-state index in [2.05, 4.69) is 23.8 Å². The molecule has 5 heteroatoms. The molecule has 0 radical (unpaired) electrons. The van der Waals surface area contributed by atoms with Crippen molar-refractivity contribution in [1.29, 1.82) is 0 Å². The van der Waals surface area contributed by atoms with Crippen molar-refractivity contribution in [3.8, 4) is 0 Å². The molecule has 1 aromatic heterocycles. The van der Waals surface area contributed by atoms with Crippen LogP contribution in [0, 0.1) is 0 Å². The van der Waals surface area contributed by atoms with Gasteiger partial charge in [-0.05, 0) is 18.9 Å². The molecule has 1 heterocycles. The Hall–Kier alpha value is -0.810. The van der Waals surface area contributed by atoms with E-state index in [0.29, 0.717) is 18.2 Å². The average Bonchev–Trinajstić information content (AvgIpc) is 2.31. The van der Waals surface area contributed by atoms with Gasteiger partial charge >= 0.3 is 0 Å². The summed E-state index contributed by atoms with van der Waals surface area (Å²) in [6.07, 6.45) is 3.58. The van der Waals surface area contributed by atoms with Crippen LogP contribution in [0.15, 0.2) is 12.3 Å². The molecule has 96 valence electrons. The number of hydrogen-bond donors (Lipinski definition) is 0. The molecule has 0 aliphatic rings. The van der Waals surface area contributed by atoms with Gasteiger partial charge in [0, 0.05) is 29.4 Å². The van der Waals surface area contributed by atoms with Crippen LogP contribution in [0.1, 0.15) is 38.2 Å². The minimum atomic E-state index is -0.852. The number of ether oxygens (including phenoxy) is 1. The summed E-state index contributed by atoms with van der Waals surface area (Å²) in [7, 11) is 0.757. The third-order valence-electron chi connectivity index (χ3n) is 2.61. The summed E-state index contributed by atoms with van der Waals surface area (Å²) in [5.74, 6) is 1.15. The minimum absolute atomic E-state index is 0.260.